The lowest BCUT2D eigenvalue weighted by Crippen LogP contribution is -2.53. The van der Waals surface area contributed by atoms with Gasteiger partial charge in [-0.3, -0.25) is 9.59 Å². The molecule has 1 saturated heterocycles. The van der Waals surface area contributed by atoms with Crippen LogP contribution in [0.25, 0.3) is 0 Å². The standard InChI is InChI=1S/C36H46N3O2P/c1-24-11-8-16-30(42)31(24)33(40)39-22-10-21-36(5,34(41)38-29-15-9-12-26(23-29)35(2,3)4)32(39)25-17-19-28(20-18-25)37-27-13-6-7-14-27/h8-9,11-12,15-20,23,27,32,37H,6-7,10,13-14,21-22,42H2,1-5H3,(H,38,41). The minimum Gasteiger partial charge on any atom is -0.382 e. The van der Waals surface area contributed by atoms with Crippen molar-refractivity contribution in [2.75, 3.05) is 17.2 Å². The molecular formula is C36H46N3O2P. The van der Waals surface area contributed by atoms with Gasteiger partial charge in [0.15, 0.2) is 0 Å². The molecule has 2 N–H and O–H groups in total. The molecule has 1 saturated carbocycles. The number of amides is 2. The van der Waals surface area contributed by atoms with E-state index in [1.165, 1.54) is 31.2 Å². The van der Waals surface area contributed by atoms with Crippen molar-refractivity contribution in [3.63, 3.8) is 0 Å². The number of nitrogens with one attached hydrogen (secondary N) is 2. The van der Waals surface area contributed by atoms with E-state index in [4.69, 9.17) is 0 Å². The minimum absolute atomic E-state index is 0.0234. The van der Waals surface area contributed by atoms with Gasteiger partial charge in [-0.25, -0.2) is 0 Å². The second-order valence-electron chi connectivity index (χ2n) is 13.5. The van der Waals surface area contributed by atoms with E-state index in [0.717, 1.165) is 34.2 Å². The summed E-state index contributed by atoms with van der Waals surface area (Å²) in [5.41, 5.74) is 4.83. The van der Waals surface area contributed by atoms with Crippen molar-refractivity contribution < 1.29 is 9.59 Å². The highest BCUT2D eigenvalue weighted by Gasteiger charge is 2.49. The Balaban J connectivity index is 1.51. The molecule has 3 aromatic carbocycles. The Hall–Kier alpha value is -3.17. The molecule has 0 bridgehead atoms. The first kappa shape index (κ1) is 30.3. The molecule has 0 spiro atoms. The Kier molecular flexibility index (Phi) is 8.81. The summed E-state index contributed by atoms with van der Waals surface area (Å²) in [6, 6.07) is 22.6. The van der Waals surface area contributed by atoms with Crippen LogP contribution in [0, 0.1) is 12.3 Å². The van der Waals surface area contributed by atoms with Crippen molar-refractivity contribution in [1.29, 1.82) is 0 Å². The van der Waals surface area contributed by atoms with Crippen molar-refractivity contribution in [3.8, 4) is 0 Å². The molecule has 5 nitrogen and oxygen atoms in total. The zero-order valence-corrected chi connectivity index (χ0v) is 27.0. The summed E-state index contributed by atoms with van der Waals surface area (Å²) < 4.78 is 0. The number of piperidine rings is 1. The van der Waals surface area contributed by atoms with Crippen LogP contribution < -0.4 is 15.9 Å². The number of nitrogens with zero attached hydrogens (tertiary/aromatic N) is 1. The Morgan fingerprint density at radius 1 is 0.929 bits per heavy atom. The van der Waals surface area contributed by atoms with E-state index in [1.807, 2.05) is 49.1 Å². The first-order chi connectivity index (χ1) is 20.0. The van der Waals surface area contributed by atoms with E-state index >= 15 is 0 Å². The van der Waals surface area contributed by atoms with Gasteiger partial charge in [0, 0.05) is 29.5 Å². The highest BCUT2D eigenvalue weighted by molar-refractivity contribution is 7.27. The fourth-order valence-electron chi connectivity index (χ4n) is 6.76. The molecule has 0 radical (unpaired) electrons. The van der Waals surface area contributed by atoms with Crippen LogP contribution in [0.4, 0.5) is 11.4 Å². The van der Waals surface area contributed by atoms with Crippen LogP contribution in [-0.4, -0.2) is 29.3 Å². The highest BCUT2D eigenvalue weighted by atomic mass is 31.0. The Morgan fingerprint density at radius 2 is 1.62 bits per heavy atom. The predicted molar refractivity (Wildman–Crippen MR) is 178 cm³/mol. The lowest BCUT2D eigenvalue weighted by molar-refractivity contribution is -0.130. The third-order valence-corrected chi connectivity index (χ3v) is 9.73. The summed E-state index contributed by atoms with van der Waals surface area (Å²) >= 11 is 0. The lowest BCUT2D eigenvalue weighted by Gasteiger charge is -2.47. The molecule has 2 fully saturated rings. The van der Waals surface area contributed by atoms with Crippen LogP contribution in [0.5, 0.6) is 0 Å². The van der Waals surface area contributed by atoms with Gasteiger partial charge in [0.25, 0.3) is 5.91 Å². The molecule has 2 amide bonds. The van der Waals surface area contributed by atoms with Gasteiger partial charge in [0.05, 0.1) is 11.5 Å². The van der Waals surface area contributed by atoms with Crippen LogP contribution >= 0.6 is 9.24 Å². The summed E-state index contributed by atoms with van der Waals surface area (Å²) in [6.45, 7) is 11.1. The quantitative estimate of drug-likeness (QED) is 0.292. The molecule has 1 aliphatic heterocycles. The van der Waals surface area contributed by atoms with E-state index in [2.05, 4.69) is 77.0 Å². The fourth-order valence-corrected chi connectivity index (χ4v) is 7.22. The van der Waals surface area contributed by atoms with Crippen LogP contribution in [0.15, 0.2) is 66.7 Å². The SMILES string of the molecule is Cc1cccc(P)c1C(=O)N1CCCC(C)(C(=O)Nc2cccc(C(C)(C)C)c2)C1c1ccc(NC2CCCC2)cc1. The van der Waals surface area contributed by atoms with E-state index < -0.39 is 11.5 Å². The van der Waals surface area contributed by atoms with Crippen molar-refractivity contribution in [3.05, 3.63) is 89.0 Å². The summed E-state index contributed by atoms with van der Waals surface area (Å²) in [6.07, 6.45) is 6.41. The number of carbonyl (C=O) groups is 2. The number of benzene rings is 3. The van der Waals surface area contributed by atoms with Gasteiger partial charge in [0.2, 0.25) is 5.91 Å². The maximum absolute atomic E-state index is 14.3. The molecule has 3 unspecified atom stereocenters. The zero-order chi connectivity index (χ0) is 30.1. The average Bonchev–Trinajstić information content (AvgIpc) is 3.46. The van der Waals surface area contributed by atoms with E-state index in [0.29, 0.717) is 24.6 Å². The monoisotopic (exact) mass is 583 g/mol. The van der Waals surface area contributed by atoms with Gasteiger partial charge in [-0.05, 0) is 91.2 Å². The first-order valence-electron chi connectivity index (χ1n) is 15.4. The van der Waals surface area contributed by atoms with Gasteiger partial charge < -0.3 is 15.5 Å². The lowest BCUT2D eigenvalue weighted by atomic mass is 9.70. The minimum atomic E-state index is -0.824. The second-order valence-corrected chi connectivity index (χ2v) is 14.1. The fraction of sp³-hybridized carbons (Fsp3) is 0.444. The number of rotatable bonds is 6. The molecule has 0 aromatic heterocycles. The topological polar surface area (TPSA) is 61.4 Å². The van der Waals surface area contributed by atoms with Gasteiger partial charge in [-0.2, -0.15) is 0 Å². The molecule has 3 atom stereocenters. The van der Waals surface area contributed by atoms with Gasteiger partial charge in [0.1, 0.15) is 0 Å². The van der Waals surface area contributed by atoms with Gasteiger partial charge >= 0.3 is 0 Å². The number of likely N-dealkylation sites (tertiary alicyclic amines) is 1. The van der Waals surface area contributed by atoms with Gasteiger partial charge in [-0.15, -0.1) is 9.24 Å². The summed E-state index contributed by atoms with van der Waals surface area (Å²) in [7, 11) is 2.72. The largest absolute Gasteiger partial charge is 0.382 e. The third kappa shape index (κ3) is 6.27. The normalized spacial score (nSPS) is 21.3. The number of anilines is 2. The highest BCUT2D eigenvalue weighted by Crippen LogP contribution is 2.47. The molecule has 5 rings (SSSR count). The zero-order valence-electron chi connectivity index (χ0n) is 25.8. The smallest absolute Gasteiger partial charge is 0.255 e. The number of carbonyl (C=O) groups excluding carboxylic acids is 2. The Bertz CT molecular complexity index is 1420. The molecule has 1 aliphatic carbocycles. The van der Waals surface area contributed by atoms with Crippen molar-refractivity contribution in [2.24, 2.45) is 5.41 Å². The maximum Gasteiger partial charge on any atom is 0.255 e. The summed E-state index contributed by atoms with van der Waals surface area (Å²) in [5.74, 6) is -0.0789. The molecule has 2 aliphatic rings. The third-order valence-electron chi connectivity index (χ3n) is 9.25. The average molecular weight is 584 g/mol. The second kappa shape index (κ2) is 12.2. The first-order valence-corrected chi connectivity index (χ1v) is 16.0. The molecule has 1 heterocycles. The number of aryl methyl sites for hydroxylation is 1. The van der Waals surface area contributed by atoms with E-state index in [1.54, 1.807) is 0 Å². The van der Waals surface area contributed by atoms with E-state index in [-0.39, 0.29) is 17.2 Å². The van der Waals surface area contributed by atoms with Crippen molar-refractivity contribution in [1.82, 2.24) is 4.90 Å². The molecule has 42 heavy (non-hydrogen) atoms. The Morgan fingerprint density at radius 3 is 2.29 bits per heavy atom. The van der Waals surface area contributed by atoms with Crippen LogP contribution in [0.1, 0.15) is 99.3 Å². The van der Waals surface area contributed by atoms with Crippen LogP contribution in [0.2, 0.25) is 0 Å². The predicted octanol–water partition coefficient (Wildman–Crippen LogP) is 7.77. The maximum atomic E-state index is 14.3. The Labute approximate surface area is 254 Å². The van der Waals surface area contributed by atoms with Crippen LogP contribution in [0.3, 0.4) is 0 Å². The van der Waals surface area contributed by atoms with E-state index in [9.17, 15) is 9.59 Å². The van der Waals surface area contributed by atoms with Crippen molar-refractivity contribution >= 4 is 37.7 Å². The summed E-state index contributed by atoms with van der Waals surface area (Å²) in [4.78, 5) is 30.6. The molecule has 222 valence electrons. The van der Waals surface area contributed by atoms with Gasteiger partial charge in [-0.1, -0.05) is 76.1 Å². The van der Waals surface area contributed by atoms with Crippen molar-refractivity contribution in [2.45, 2.75) is 90.6 Å². The molecular weight excluding hydrogens is 537 g/mol. The number of hydrogen-bond donors (Lipinski definition) is 2. The van der Waals surface area contributed by atoms with Crippen LogP contribution in [-0.2, 0) is 10.2 Å². The summed E-state index contributed by atoms with van der Waals surface area (Å²) in [5, 5.41) is 7.81. The molecule has 3 aromatic rings. The molecule has 6 heteroatoms. The number of hydrogen-bond acceptors (Lipinski definition) is 3.